The van der Waals surface area contributed by atoms with Crippen molar-refractivity contribution in [3.05, 3.63) is 23.8 Å². The Kier molecular flexibility index (Phi) is 3.74. The van der Waals surface area contributed by atoms with Gasteiger partial charge in [-0.25, -0.2) is 4.79 Å². The number of allylic oxidation sites excluding steroid dienone is 2. The Labute approximate surface area is 79.3 Å². The van der Waals surface area contributed by atoms with Crippen LogP contribution in [0.2, 0.25) is 0 Å². The average Bonchev–Trinajstić information content (AvgIpc) is 2.18. The van der Waals surface area contributed by atoms with Gasteiger partial charge in [0.1, 0.15) is 6.10 Å². The lowest BCUT2D eigenvalue weighted by molar-refractivity contribution is -0.144. The summed E-state index contributed by atoms with van der Waals surface area (Å²) in [5, 5.41) is 0. The Hall–Kier alpha value is -1.05. The number of hydrogen-bond donors (Lipinski definition) is 0. The molecule has 2 nitrogen and oxygen atoms in total. The quantitative estimate of drug-likeness (QED) is 0.371. The highest BCUT2D eigenvalue weighted by Crippen LogP contribution is 2.15. The molecule has 1 aliphatic rings. The topological polar surface area (TPSA) is 26.3 Å². The van der Waals surface area contributed by atoms with Crippen LogP contribution in [-0.4, -0.2) is 12.1 Å². The highest BCUT2D eigenvalue weighted by molar-refractivity contribution is 5.87. The summed E-state index contributed by atoms with van der Waals surface area (Å²) in [7, 11) is 0. The van der Waals surface area contributed by atoms with Crippen LogP contribution >= 0.6 is 0 Å². The van der Waals surface area contributed by atoms with Crippen LogP contribution in [0.15, 0.2) is 23.8 Å². The van der Waals surface area contributed by atoms with Crippen LogP contribution in [0.1, 0.15) is 33.1 Å². The fourth-order valence-electron chi connectivity index (χ4n) is 1.24. The maximum absolute atomic E-state index is 11.3. The van der Waals surface area contributed by atoms with E-state index < -0.39 is 0 Å². The molecular formula is C11H16O2. The van der Waals surface area contributed by atoms with E-state index in [1.54, 1.807) is 13.0 Å². The minimum Gasteiger partial charge on any atom is -0.459 e. The molecule has 0 heterocycles. The molecule has 0 N–H and O–H groups in total. The first kappa shape index (κ1) is 10.0. The number of esters is 1. The van der Waals surface area contributed by atoms with E-state index in [0.29, 0.717) is 5.57 Å². The third-order valence-corrected chi connectivity index (χ3v) is 2.25. The molecule has 0 bridgehead atoms. The number of ether oxygens (including phenoxy) is 1. The van der Waals surface area contributed by atoms with Gasteiger partial charge in [0, 0.05) is 12.0 Å². The Morgan fingerprint density at radius 1 is 1.54 bits per heavy atom. The van der Waals surface area contributed by atoms with Gasteiger partial charge in [-0.3, -0.25) is 0 Å². The number of carbonyl (C=O) groups is 1. The zero-order valence-electron chi connectivity index (χ0n) is 8.25. The van der Waals surface area contributed by atoms with Crippen LogP contribution in [0.3, 0.4) is 0 Å². The van der Waals surface area contributed by atoms with Crippen molar-refractivity contribution in [1.29, 1.82) is 0 Å². The molecule has 1 aliphatic carbocycles. The van der Waals surface area contributed by atoms with Crippen molar-refractivity contribution >= 4 is 5.97 Å². The van der Waals surface area contributed by atoms with Gasteiger partial charge in [0.25, 0.3) is 0 Å². The lowest BCUT2D eigenvalue weighted by atomic mass is 10.0. The molecule has 1 unspecified atom stereocenters. The van der Waals surface area contributed by atoms with E-state index in [2.05, 4.69) is 12.2 Å². The van der Waals surface area contributed by atoms with Crippen molar-refractivity contribution in [2.45, 2.75) is 39.2 Å². The summed E-state index contributed by atoms with van der Waals surface area (Å²) in [6.07, 6.45) is 8.92. The molecule has 0 radical (unpaired) electrons. The molecule has 1 atom stereocenters. The normalized spacial score (nSPS) is 22.9. The molecule has 0 aromatic rings. The standard InChI is InChI=1S/C11H16O2/c1-3-9(2)11(12)13-10-7-5-4-6-8-10/h3-5,10H,6-8H2,1-2H3. The van der Waals surface area contributed by atoms with Crippen LogP contribution < -0.4 is 0 Å². The van der Waals surface area contributed by atoms with E-state index in [1.807, 2.05) is 6.92 Å². The molecule has 72 valence electrons. The zero-order chi connectivity index (χ0) is 9.68. The lowest BCUT2D eigenvalue weighted by Gasteiger charge is -2.18. The molecule has 0 saturated carbocycles. The van der Waals surface area contributed by atoms with Crippen LogP contribution in [0.4, 0.5) is 0 Å². The third kappa shape index (κ3) is 3.05. The Morgan fingerprint density at radius 3 is 2.85 bits per heavy atom. The van der Waals surface area contributed by atoms with Crippen LogP contribution in [0.25, 0.3) is 0 Å². The maximum atomic E-state index is 11.3. The summed E-state index contributed by atoms with van der Waals surface area (Å²) in [6, 6.07) is 0. The molecule has 0 aromatic heterocycles. The fraction of sp³-hybridized carbons (Fsp3) is 0.545. The first-order chi connectivity index (χ1) is 6.24. The van der Waals surface area contributed by atoms with Gasteiger partial charge in [0.2, 0.25) is 0 Å². The van der Waals surface area contributed by atoms with Gasteiger partial charge in [-0.1, -0.05) is 18.2 Å². The van der Waals surface area contributed by atoms with Gasteiger partial charge in [0.15, 0.2) is 0 Å². The zero-order valence-corrected chi connectivity index (χ0v) is 8.25. The largest absolute Gasteiger partial charge is 0.459 e. The molecule has 13 heavy (non-hydrogen) atoms. The van der Waals surface area contributed by atoms with Gasteiger partial charge >= 0.3 is 5.97 Å². The molecule has 0 aliphatic heterocycles. The summed E-state index contributed by atoms with van der Waals surface area (Å²) in [6.45, 7) is 3.62. The van der Waals surface area contributed by atoms with E-state index in [1.165, 1.54) is 0 Å². The van der Waals surface area contributed by atoms with E-state index in [0.717, 1.165) is 19.3 Å². The minimum absolute atomic E-state index is 0.0902. The monoisotopic (exact) mass is 180 g/mol. The first-order valence-electron chi connectivity index (χ1n) is 4.73. The van der Waals surface area contributed by atoms with Gasteiger partial charge in [-0.15, -0.1) is 0 Å². The summed E-state index contributed by atoms with van der Waals surface area (Å²) in [4.78, 5) is 11.3. The van der Waals surface area contributed by atoms with E-state index in [4.69, 9.17) is 4.74 Å². The minimum atomic E-state index is -0.178. The molecule has 0 saturated heterocycles. The summed E-state index contributed by atoms with van der Waals surface area (Å²) in [5.74, 6) is -0.178. The van der Waals surface area contributed by atoms with Gasteiger partial charge in [-0.2, -0.15) is 0 Å². The predicted octanol–water partition coefficient (Wildman–Crippen LogP) is 2.60. The average molecular weight is 180 g/mol. The Bertz CT molecular complexity index is 238. The van der Waals surface area contributed by atoms with Gasteiger partial charge in [0.05, 0.1) is 0 Å². The molecule has 0 aromatic carbocycles. The molecule has 1 rings (SSSR count). The number of hydrogen-bond acceptors (Lipinski definition) is 2. The summed E-state index contributed by atoms with van der Waals surface area (Å²) < 4.78 is 5.29. The van der Waals surface area contributed by atoms with Crippen molar-refractivity contribution in [3.8, 4) is 0 Å². The smallest absolute Gasteiger partial charge is 0.333 e. The highest BCUT2D eigenvalue weighted by Gasteiger charge is 2.15. The number of rotatable bonds is 2. The van der Waals surface area contributed by atoms with E-state index >= 15 is 0 Å². The summed E-state index contributed by atoms with van der Waals surface area (Å²) in [5.41, 5.74) is 0.689. The second-order valence-corrected chi connectivity index (χ2v) is 3.28. The third-order valence-electron chi connectivity index (χ3n) is 2.25. The van der Waals surface area contributed by atoms with Crippen LogP contribution in [-0.2, 0) is 9.53 Å². The second kappa shape index (κ2) is 4.85. The van der Waals surface area contributed by atoms with Crippen molar-refractivity contribution < 1.29 is 9.53 Å². The Morgan fingerprint density at radius 2 is 2.31 bits per heavy atom. The van der Waals surface area contributed by atoms with Crippen molar-refractivity contribution in [2.24, 2.45) is 0 Å². The highest BCUT2D eigenvalue weighted by atomic mass is 16.5. The van der Waals surface area contributed by atoms with Crippen molar-refractivity contribution in [3.63, 3.8) is 0 Å². The maximum Gasteiger partial charge on any atom is 0.333 e. The SMILES string of the molecule is CC=C(C)C(=O)OC1CC=CCC1. The van der Waals surface area contributed by atoms with Gasteiger partial charge in [-0.05, 0) is 26.7 Å². The Balaban J connectivity index is 2.40. The fourth-order valence-corrected chi connectivity index (χ4v) is 1.24. The second-order valence-electron chi connectivity index (χ2n) is 3.28. The van der Waals surface area contributed by atoms with Crippen molar-refractivity contribution in [1.82, 2.24) is 0 Å². The molecular weight excluding hydrogens is 164 g/mol. The predicted molar refractivity (Wildman–Crippen MR) is 52.3 cm³/mol. The van der Waals surface area contributed by atoms with Crippen LogP contribution in [0.5, 0.6) is 0 Å². The summed E-state index contributed by atoms with van der Waals surface area (Å²) >= 11 is 0. The van der Waals surface area contributed by atoms with Crippen molar-refractivity contribution in [2.75, 3.05) is 0 Å². The first-order valence-corrected chi connectivity index (χ1v) is 4.73. The molecule has 0 amide bonds. The lowest BCUT2D eigenvalue weighted by Crippen LogP contribution is -2.19. The number of carbonyl (C=O) groups excluding carboxylic acids is 1. The molecule has 0 spiro atoms. The van der Waals surface area contributed by atoms with E-state index in [-0.39, 0.29) is 12.1 Å². The van der Waals surface area contributed by atoms with Gasteiger partial charge < -0.3 is 4.74 Å². The molecule has 2 heteroatoms. The van der Waals surface area contributed by atoms with E-state index in [9.17, 15) is 4.79 Å². The van der Waals surface area contributed by atoms with Crippen LogP contribution in [0, 0.1) is 0 Å². The molecule has 0 fully saturated rings.